The van der Waals surface area contributed by atoms with Crippen molar-refractivity contribution in [2.24, 2.45) is 5.92 Å². The summed E-state index contributed by atoms with van der Waals surface area (Å²) in [7, 11) is 1.65. The minimum Gasteiger partial charge on any atom is -0.493 e. The highest BCUT2D eigenvalue weighted by Crippen LogP contribution is 2.41. The van der Waals surface area contributed by atoms with Crippen LogP contribution in [0.5, 0.6) is 17.2 Å². The molecular weight excluding hydrogens is 262 g/mol. The number of methoxy groups -OCH3 is 1. The van der Waals surface area contributed by atoms with E-state index in [1.165, 1.54) is 5.75 Å². The van der Waals surface area contributed by atoms with Gasteiger partial charge in [0.25, 0.3) is 0 Å². The second kappa shape index (κ2) is 6.91. The molecule has 1 aromatic carbocycles. The maximum absolute atomic E-state index is 5.41. The van der Waals surface area contributed by atoms with Gasteiger partial charge >= 0.3 is 0 Å². The zero-order valence-corrected chi connectivity index (χ0v) is 12.5. The van der Waals surface area contributed by atoms with E-state index in [4.69, 9.17) is 14.2 Å². The van der Waals surface area contributed by atoms with Crippen molar-refractivity contribution < 1.29 is 14.2 Å². The van der Waals surface area contributed by atoms with E-state index in [2.05, 4.69) is 18.5 Å². The van der Waals surface area contributed by atoms with Crippen molar-refractivity contribution in [2.75, 3.05) is 32.5 Å². The molecule has 0 amide bonds. The molecule has 0 fully saturated rings. The van der Waals surface area contributed by atoms with Gasteiger partial charge in [0.2, 0.25) is 12.5 Å². The number of hydrogen-bond acceptors (Lipinski definition) is 5. The molecule has 0 saturated carbocycles. The Morgan fingerprint density at radius 3 is 3.00 bits per heavy atom. The molecule has 0 saturated heterocycles. The van der Waals surface area contributed by atoms with Gasteiger partial charge in [-0.2, -0.15) is 11.8 Å². The first kappa shape index (κ1) is 14.3. The highest BCUT2D eigenvalue weighted by Gasteiger charge is 2.19. The summed E-state index contributed by atoms with van der Waals surface area (Å²) in [6, 6.07) is 4.01. The minimum atomic E-state index is 0.271. The first-order valence-electron chi connectivity index (χ1n) is 6.40. The third kappa shape index (κ3) is 3.70. The topological polar surface area (TPSA) is 39.7 Å². The lowest BCUT2D eigenvalue weighted by Gasteiger charge is -2.12. The van der Waals surface area contributed by atoms with Gasteiger partial charge in [0.1, 0.15) is 0 Å². The summed E-state index contributed by atoms with van der Waals surface area (Å²) in [5.41, 5.74) is 1.15. The second-order valence-electron chi connectivity index (χ2n) is 4.72. The van der Waals surface area contributed by atoms with Crippen LogP contribution in [0.15, 0.2) is 12.1 Å². The van der Waals surface area contributed by atoms with Crippen molar-refractivity contribution >= 4 is 11.8 Å². The molecule has 2 rings (SSSR count). The molecule has 0 bridgehead atoms. The monoisotopic (exact) mass is 283 g/mol. The molecule has 0 spiro atoms. The van der Waals surface area contributed by atoms with Crippen molar-refractivity contribution in [3.63, 3.8) is 0 Å². The van der Waals surface area contributed by atoms with Gasteiger partial charge in [0.05, 0.1) is 7.11 Å². The Kier molecular flexibility index (Phi) is 5.22. The van der Waals surface area contributed by atoms with Gasteiger partial charge < -0.3 is 19.5 Å². The van der Waals surface area contributed by atoms with Crippen LogP contribution in [0.3, 0.4) is 0 Å². The molecule has 1 atom stereocenters. The van der Waals surface area contributed by atoms with E-state index in [9.17, 15) is 0 Å². The maximum Gasteiger partial charge on any atom is 0.231 e. The van der Waals surface area contributed by atoms with E-state index in [1.807, 2.05) is 23.9 Å². The Morgan fingerprint density at radius 1 is 1.42 bits per heavy atom. The number of thioether (sulfide) groups is 1. The fraction of sp³-hybridized carbons (Fsp3) is 0.571. The Labute approximate surface area is 118 Å². The smallest absolute Gasteiger partial charge is 0.231 e. The summed E-state index contributed by atoms with van der Waals surface area (Å²) in [5.74, 6) is 4.07. The number of rotatable bonds is 7. The molecule has 19 heavy (non-hydrogen) atoms. The predicted octanol–water partition coefficient (Wildman–Crippen LogP) is 2.51. The number of benzene rings is 1. The number of ether oxygens (including phenoxy) is 3. The second-order valence-corrected chi connectivity index (χ2v) is 5.63. The van der Waals surface area contributed by atoms with Crippen LogP contribution in [0.4, 0.5) is 0 Å². The first-order valence-corrected chi connectivity index (χ1v) is 7.80. The Hall–Kier alpha value is -1.07. The molecule has 1 N–H and O–H groups in total. The van der Waals surface area contributed by atoms with Crippen LogP contribution in [0, 0.1) is 5.92 Å². The van der Waals surface area contributed by atoms with E-state index in [0.29, 0.717) is 11.7 Å². The van der Waals surface area contributed by atoms with Crippen molar-refractivity contribution in [1.82, 2.24) is 5.32 Å². The number of hydrogen-bond donors (Lipinski definition) is 1. The van der Waals surface area contributed by atoms with Crippen LogP contribution in [-0.4, -0.2) is 32.5 Å². The lowest BCUT2D eigenvalue weighted by Crippen LogP contribution is -2.22. The van der Waals surface area contributed by atoms with Gasteiger partial charge in [-0.05, 0) is 42.2 Å². The molecule has 4 nitrogen and oxygen atoms in total. The highest BCUT2D eigenvalue weighted by molar-refractivity contribution is 7.98. The van der Waals surface area contributed by atoms with Crippen molar-refractivity contribution in [1.29, 1.82) is 0 Å². The number of fused-ring (bicyclic) bond motifs is 1. The molecule has 1 aliphatic heterocycles. The summed E-state index contributed by atoms with van der Waals surface area (Å²) >= 11 is 1.88. The Bertz CT molecular complexity index is 425. The average molecular weight is 283 g/mol. The van der Waals surface area contributed by atoms with Crippen LogP contribution < -0.4 is 19.5 Å². The normalized spacial score (nSPS) is 14.5. The Morgan fingerprint density at radius 2 is 2.26 bits per heavy atom. The summed E-state index contributed by atoms with van der Waals surface area (Å²) < 4.78 is 16.1. The molecule has 0 aliphatic carbocycles. The van der Waals surface area contributed by atoms with Gasteiger partial charge in [0, 0.05) is 6.54 Å². The van der Waals surface area contributed by atoms with Crippen LogP contribution in [0.1, 0.15) is 12.5 Å². The van der Waals surface area contributed by atoms with Crippen molar-refractivity contribution in [3.05, 3.63) is 17.7 Å². The van der Waals surface area contributed by atoms with Crippen LogP contribution in [-0.2, 0) is 6.54 Å². The van der Waals surface area contributed by atoms with E-state index < -0.39 is 0 Å². The van der Waals surface area contributed by atoms with Crippen LogP contribution in [0.2, 0.25) is 0 Å². The first-order chi connectivity index (χ1) is 9.24. The molecule has 0 aromatic heterocycles. The quantitative estimate of drug-likeness (QED) is 0.832. The molecule has 1 aliphatic rings. The van der Waals surface area contributed by atoms with Crippen molar-refractivity contribution in [3.8, 4) is 17.2 Å². The number of nitrogens with one attached hydrogen (secondary N) is 1. The van der Waals surface area contributed by atoms with Gasteiger partial charge in [-0.25, -0.2) is 0 Å². The largest absolute Gasteiger partial charge is 0.493 e. The van der Waals surface area contributed by atoms with Gasteiger partial charge in [-0.3, -0.25) is 0 Å². The van der Waals surface area contributed by atoms with Crippen LogP contribution in [0.25, 0.3) is 0 Å². The van der Waals surface area contributed by atoms with Gasteiger partial charge in [-0.1, -0.05) is 6.92 Å². The Balaban J connectivity index is 1.94. The molecule has 1 heterocycles. The standard InChI is InChI=1S/C14H21NO3S/c1-10(8-19-3)6-15-7-11-4-12(16-2)14-13(5-11)17-9-18-14/h4-5,10,15H,6-9H2,1-3H3. The molecule has 106 valence electrons. The van der Waals surface area contributed by atoms with E-state index >= 15 is 0 Å². The summed E-state index contributed by atoms with van der Waals surface area (Å²) in [4.78, 5) is 0. The lowest BCUT2D eigenvalue weighted by molar-refractivity contribution is 0.171. The van der Waals surface area contributed by atoms with Crippen molar-refractivity contribution in [2.45, 2.75) is 13.5 Å². The van der Waals surface area contributed by atoms with E-state index in [1.54, 1.807) is 7.11 Å². The molecule has 1 aromatic rings. The van der Waals surface area contributed by atoms with E-state index in [-0.39, 0.29) is 6.79 Å². The maximum atomic E-state index is 5.41. The third-order valence-electron chi connectivity index (χ3n) is 2.99. The summed E-state index contributed by atoms with van der Waals surface area (Å²) in [6.07, 6.45) is 2.14. The van der Waals surface area contributed by atoms with Gasteiger partial charge in [-0.15, -0.1) is 0 Å². The lowest BCUT2D eigenvalue weighted by atomic mass is 10.1. The fourth-order valence-corrected chi connectivity index (χ4v) is 2.78. The van der Waals surface area contributed by atoms with Crippen LogP contribution >= 0.6 is 11.8 Å². The fourth-order valence-electron chi connectivity index (χ4n) is 2.09. The molecular formula is C14H21NO3S. The highest BCUT2D eigenvalue weighted by atomic mass is 32.2. The third-order valence-corrected chi connectivity index (χ3v) is 3.89. The molecule has 1 unspecified atom stereocenters. The zero-order valence-electron chi connectivity index (χ0n) is 11.7. The molecule has 0 radical (unpaired) electrons. The average Bonchev–Trinajstić information content (AvgIpc) is 2.86. The van der Waals surface area contributed by atoms with E-state index in [0.717, 1.165) is 30.2 Å². The predicted molar refractivity (Wildman–Crippen MR) is 78.4 cm³/mol. The summed E-state index contributed by atoms with van der Waals surface area (Å²) in [6.45, 7) is 4.35. The minimum absolute atomic E-state index is 0.271. The SMILES string of the molecule is COc1cc(CNCC(C)CSC)cc2c1OCO2. The zero-order chi connectivity index (χ0) is 13.7. The summed E-state index contributed by atoms with van der Waals surface area (Å²) in [5, 5.41) is 3.46. The van der Waals surface area contributed by atoms with Gasteiger partial charge in [0.15, 0.2) is 11.5 Å². The molecule has 5 heteroatoms.